The fraction of sp³-hybridized carbons (Fsp3) is 0.485. The maximum Gasteiger partial charge on any atom is 0.317 e. The lowest BCUT2D eigenvalue weighted by atomic mass is 9.81. The predicted octanol–water partition coefficient (Wildman–Crippen LogP) is 3.56. The Kier molecular flexibility index (Phi) is 9.64. The Bertz CT molecular complexity index is 1760. The van der Waals surface area contributed by atoms with Crippen LogP contribution >= 0.6 is 0 Å². The fourth-order valence-corrected chi connectivity index (χ4v) is 7.05. The van der Waals surface area contributed by atoms with Gasteiger partial charge in [0.1, 0.15) is 12.3 Å². The highest BCUT2D eigenvalue weighted by Crippen LogP contribution is 2.46. The molecule has 0 spiro atoms. The maximum absolute atomic E-state index is 13.4. The second-order valence-electron chi connectivity index (χ2n) is 12.7. The van der Waals surface area contributed by atoms with Crippen LogP contribution in [-0.4, -0.2) is 99.9 Å². The van der Waals surface area contributed by atoms with Crippen molar-refractivity contribution in [3.8, 4) is 17.0 Å². The van der Waals surface area contributed by atoms with Gasteiger partial charge in [-0.2, -0.15) is 12.7 Å². The first kappa shape index (κ1) is 33.3. The summed E-state index contributed by atoms with van der Waals surface area (Å²) >= 11 is 0. The van der Waals surface area contributed by atoms with Crippen molar-refractivity contribution in [2.45, 2.75) is 57.0 Å². The van der Waals surface area contributed by atoms with Gasteiger partial charge in [-0.1, -0.05) is 25.3 Å². The second-order valence-corrected chi connectivity index (χ2v) is 14.6. The average molecular weight is 653 g/mol. The van der Waals surface area contributed by atoms with E-state index in [1.165, 1.54) is 35.9 Å². The van der Waals surface area contributed by atoms with Crippen molar-refractivity contribution in [1.29, 1.82) is 0 Å². The predicted molar refractivity (Wildman–Crippen MR) is 177 cm³/mol. The summed E-state index contributed by atoms with van der Waals surface area (Å²) in [5.74, 6) is 0.112. The summed E-state index contributed by atoms with van der Waals surface area (Å²) in [4.78, 5) is 41.7. The first-order valence-corrected chi connectivity index (χ1v) is 17.0. The topological polar surface area (TPSA) is 133 Å². The molecular weight excluding hydrogens is 608 g/mol. The molecule has 1 fully saturated rings. The van der Waals surface area contributed by atoms with E-state index in [4.69, 9.17) is 4.74 Å². The van der Waals surface area contributed by atoms with Crippen LogP contribution in [0.5, 0.6) is 5.75 Å². The number of hydrogen-bond donors (Lipinski definition) is 2. The highest BCUT2D eigenvalue weighted by molar-refractivity contribution is 7.87. The van der Waals surface area contributed by atoms with Gasteiger partial charge in [0.2, 0.25) is 5.91 Å². The van der Waals surface area contributed by atoms with Crippen molar-refractivity contribution in [3.63, 3.8) is 0 Å². The number of ether oxygens (including phenoxy) is 1. The van der Waals surface area contributed by atoms with E-state index >= 15 is 0 Å². The smallest absolute Gasteiger partial charge is 0.317 e. The Morgan fingerprint density at radius 2 is 1.70 bits per heavy atom. The molecule has 1 atom stereocenters. The van der Waals surface area contributed by atoms with E-state index in [1.54, 1.807) is 40.4 Å². The first-order valence-electron chi connectivity index (χ1n) is 15.6. The number of aromatic nitrogens is 1. The minimum absolute atomic E-state index is 0.0617. The Hall–Kier alpha value is -4.10. The number of methoxy groups -OCH3 is 1. The van der Waals surface area contributed by atoms with Gasteiger partial charge in [-0.3, -0.25) is 9.59 Å². The number of amides is 4. The molecule has 1 aliphatic heterocycles. The SMILES string of the molecule is COc1ccc2c(c1)C[C@@H](NC(=O)N(C)CC(=O)N(C)C)Cn1c-2c(C2CCCCC2)c2ccc(C(=O)NS(=O)(=O)N(C)C)cc21. The molecule has 0 bridgehead atoms. The molecule has 0 saturated heterocycles. The number of carbonyl (C=O) groups is 3. The zero-order chi connectivity index (χ0) is 33.3. The molecule has 5 rings (SSSR count). The molecule has 2 aromatic carbocycles. The van der Waals surface area contributed by atoms with E-state index in [-0.39, 0.29) is 30.1 Å². The molecule has 2 N–H and O–H groups in total. The van der Waals surface area contributed by atoms with Crippen LogP contribution in [0.25, 0.3) is 22.2 Å². The number of benzene rings is 2. The quantitative estimate of drug-likeness (QED) is 0.383. The van der Waals surface area contributed by atoms with Gasteiger partial charge < -0.3 is 24.4 Å². The van der Waals surface area contributed by atoms with Gasteiger partial charge in [0.05, 0.1) is 18.8 Å². The highest BCUT2D eigenvalue weighted by atomic mass is 32.2. The molecule has 1 saturated carbocycles. The normalized spacial score (nSPS) is 16.7. The molecule has 248 valence electrons. The van der Waals surface area contributed by atoms with E-state index in [1.807, 2.05) is 18.2 Å². The Morgan fingerprint density at radius 1 is 0.978 bits per heavy atom. The van der Waals surface area contributed by atoms with Crippen molar-refractivity contribution >= 4 is 39.0 Å². The van der Waals surface area contributed by atoms with Crippen molar-refractivity contribution in [2.75, 3.05) is 48.9 Å². The van der Waals surface area contributed by atoms with E-state index in [0.717, 1.165) is 57.7 Å². The molecule has 46 heavy (non-hydrogen) atoms. The molecule has 2 aliphatic rings. The third kappa shape index (κ3) is 6.70. The minimum Gasteiger partial charge on any atom is -0.497 e. The number of likely N-dealkylation sites (N-methyl/N-ethyl adjacent to an activating group) is 2. The van der Waals surface area contributed by atoms with Gasteiger partial charge in [0, 0.05) is 63.8 Å². The van der Waals surface area contributed by atoms with E-state index in [2.05, 4.69) is 20.7 Å². The van der Waals surface area contributed by atoms with Gasteiger partial charge >= 0.3 is 16.2 Å². The number of fused-ring (bicyclic) bond motifs is 5. The summed E-state index contributed by atoms with van der Waals surface area (Å²) in [7, 11) is 5.24. The van der Waals surface area contributed by atoms with Crippen molar-refractivity contribution < 1.29 is 27.5 Å². The Labute approximate surface area is 270 Å². The number of carbonyl (C=O) groups excluding carboxylic acids is 3. The number of rotatable bonds is 8. The van der Waals surface area contributed by atoms with Crippen molar-refractivity contribution in [3.05, 3.63) is 53.1 Å². The lowest BCUT2D eigenvalue weighted by Crippen LogP contribution is -2.48. The van der Waals surface area contributed by atoms with Gasteiger partial charge in [-0.15, -0.1) is 0 Å². The molecule has 12 nitrogen and oxygen atoms in total. The van der Waals surface area contributed by atoms with Crippen molar-refractivity contribution in [2.24, 2.45) is 0 Å². The number of nitrogens with one attached hydrogen (secondary N) is 2. The minimum atomic E-state index is -3.99. The zero-order valence-electron chi connectivity index (χ0n) is 27.4. The summed E-state index contributed by atoms with van der Waals surface area (Å²) in [6.45, 7) is 0.339. The van der Waals surface area contributed by atoms with Crippen LogP contribution in [-0.2, 0) is 28.0 Å². The molecule has 1 aliphatic carbocycles. The van der Waals surface area contributed by atoms with Gasteiger partial charge in [-0.25, -0.2) is 9.52 Å². The van der Waals surface area contributed by atoms with Gasteiger partial charge in [0.15, 0.2) is 0 Å². The van der Waals surface area contributed by atoms with Crippen molar-refractivity contribution in [1.82, 2.24) is 28.7 Å². The van der Waals surface area contributed by atoms with Crippen LogP contribution in [0.2, 0.25) is 0 Å². The summed E-state index contributed by atoms with van der Waals surface area (Å²) in [6.07, 6.45) is 6.07. The number of hydrogen-bond acceptors (Lipinski definition) is 6. The van der Waals surface area contributed by atoms with Crippen LogP contribution in [0, 0.1) is 0 Å². The standard InChI is InChI=1S/C33H44N6O6S/c1-36(2)29(40)20-38(5)33(42)34-24-16-23-17-25(45-6)13-15-26(23)31-30(21-10-8-7-9-11-21)27-14-12-22(18-28(27)39(31)19-24)32(41)35-46(43,44)37(3)4/h12-15,17-18,21,24H,7-11,16,19-20H2,1-6H3,(H,34,42)(H,35,41)/t24-/m1/s1. The fourth-order valence-electron chi connectivity index (χ4n) is 6.51. The Morgan fingerprint density at radius 3 is 2.35 bits per heavy atom. The maximum atomic E-state index is 13.4. The van der Waals surface area contributed by atoms with Crippen LogP contribution in [0.3, 0.4) is 0 Å². The number of nitrogens with zero attached hydrogens (tertiary/aromatic N) is 4. The summed E-state index contributed by atoms with van der Waals surface area (Å²) in [5, 5.41) is 4.16. The molecule has 2 heterocycles. The molecule has 13 heteroatoms. The van der Waals surface area contributed by atoms with Crippen LogP contribution in [0.15, 0.2) is 36.4 Å². The summed E-state index contributed by atoms with van der Waals surface area (Å²) in [6, 6.07) is 10.6. The molecule has 1 aromatic heterocycles. The van der Waals surface area contributed by atoms with E-state index in [0.29, 0.717) is 24.6 Å². The monoisotopic (exact) mass is 652 g/mol. The highest BCUT2D eigenvalue weighted by Gasteiger charge is 2.32. The molecule has 0 radical (unpaired) electrons. The van der Waals surface area contributed by atoms with Crippen LogP contribution < -0.4 is 14.8 Å². The van der Waals surface area contributed by atoms with Crippen LogP contribution in [0.4, 0.5) is 4.79 Å². The lowest BCUT2D eigenvalue weighted by Gasteiger charge is -2.24. The number of urea groups is 1. The molecule has 3 aromatic rings. The van der Waals surface area contributed by atoms with Gasteiger partial charge in [-0.05, 0) is 66.6 Å². The zero-order valence-corrected chi connectivity index (χ0v) is 28.2. The lowest BCUT2D eigenvalue weighted by molar-refractivity contribution is -0.129. The third-order valence-corrected chi connectivity index (χ3v) is 10.5. The molecular formula is C33H44N6O6S. The first-order chi connectivity index (χ1) is 21.8. The summed E-state index contributed by atoms with van der Waals surface area (Å²) in [5.41, 5.74) is 5.33. The van der Waals surface area contributed by atoms with Gasteiger partial charge in [0.25, 0.3) is 5.91 Å². The largest absolute Gasteiger partial charge is 0.497 e. The third-order valence-electron chi connectivity index (χ3n) is 9.06. The second kappa shape index (κ2) is 13.3. The Balaban J connectivity index is 1.65. The van der Waals surface area contributed by atoms with Crippen LogP contribution in [0.1, 0.15) is 59.5 Å². The van der Waals surface area contributed by atoms with E-state index < -0.39 is 16.1 Å². The molecule has 4 amide bonds. The molecule has 0 unspecified atom stereocenters. The van der Waals surface area contributed by atoms with E-state index in [9.17, 15) is 22.8 Å². The average Bonchev–Trinajstić information content (AvgIpc) is 3.24. The summed E-state index contributed by atoms with van der Waals surface area (Å²) < 4.78 is 35.8.